The van der Waals surface area contributed by atoms with E-state index in [1.54, 1.807) is 9.80 Å². The van der Waals surface area contributed by atoms with Crippen LogP contribution in [0.15, 0.2) is 30.3 Å². The molecule has 1 heterocycles. The second kappa shape index (κ2) is 5.94. The molecule has 2 atom stereocenters. The molecule has 1 aromatic carbocycles. The lowest BCUT2D eigenvalue weighted by molar-refractivity contribution is -0.142. The Kier molecular flexibility index (Phi) is 4.27. The predicted octanol–water partition coefficient (Wildman–Crippen LogP) is 2.29. The number of hydrogen-bond donors (Lipinski definition) is 1. The van der Waals surface area contributed by atoms with Gasteiger partial charge in [0.2, 0.25) is 0 Å². The van der Waals surface area contributed by atoms with Gasteiger partial charge in [-0.3, -0.25) is 9.69 Å². The average Bonchev–Trinajstić information content (AvgIpc) is 2.83. The van der Waals surface area contributed by atoms with Gasteiger partial charge in [0.25, 0.3) is 0 Å². The molecule has 1 aromatic rings. The molecule has 5 nitrogen and oxygen atoms in total. The minimum absolute atomic E-state index is 0.00840. The first kappa shape index (κ1) is 14.4. The van der Waals surface area contributed by atoms with Crippen LogP contribution in [0.5, 0.6) is 0 Å². The number of para-hydroxylation sites is 1. The van der Waals surface area contributed by atoms with Gasteiger partial charge < -0.3 is 10.0 Å². The lowest BCUT2D eigenvalue weighted by atomic mass is 9.99. The van der Waals surface area contributed by atoms with Crippen molar-refractivity contribution in [3.8, 4) is 0 Å². The molecule has 1 saturated heterocycles. The molecular formula is C15H20N2O3. The van der Waals surface area contributed by atoms with Gasteiger partial charge in [-0.05, 0) is 25.0 Å². The number of benzene rings is 1. The van der Waals surface area contributed by atoms with Gasteiger partial charge in [0, 0.05) is 25.3 Å². The van der Waals surface area contributed by atoms with Crippen LogP contribution in [0.4, 0.5) is 10.5 Å². The maximum atomic E-state index is 12.5. The Morgan fingerprint density at radius 3 is 2.45 bits per heavy atom. The third-order valence-electron chi connectivity index (χ3n) is 3.82. The first-order valence-corrected chi connectivity index (χ1v) is 6.89. The second-order valence-electron chi connectivity index (χ2n) is 5.19. The minimum atomic E-state index is -0.824. The maximum absolute atomic E-state index is 12.5. The molecule has 0 aliphatic carbocycles. The Bertz CT molecular complexity index is 489. The van der Waals surface area contributed by atoms with Crippen LogP contribution in [-0.2, 0) is 4.79 Å². The molecule has 1 fully saturated rings. The summed E-state index contributed by atoms with van der Waals surface area (Å²) in [6.07, 6.45) is 0. The van der Waals surface area contributed by atoms with E-state index in [1.165, 1.54) is 0 Å². The van der Waals surface area contributed by atoms with Crippen molar-refractivity contribution in [1.82, 2.24) is 4.90 Å². The van der Waals surface area contributed by atoms with Crippen LogP contribution >= 0.6 is 0 Å². The number of carboxylic acids is 1. The highest BCUT2D eigenvalue weighted by molar-refractivity contribution is 5.92. The van der Waals surface area contributed by atoms with Gasteiger partial charge >= 0.3 is 12.0 Å². The number of carboxylic acid groups (broad SMARTS) is 1. The molecule has 2 rings (SSSR count). The summed E-state index contributed by atoms with van der Waals surface area (Å²) < 4.78 is 0. The molecule has 0 spiro atoms. The monoisotopic (exact) mass is 276 g/mol. The minimum Gasteiger partial charge on any atom is -0.481 e. The molecule has 2 amide bonds. The Hall–Kier alpha value is -2.04. The highest BCUT2D eigenvalue weighted by Crippen LogP contribution is 2.25. The van der Waals surface area contributed by atoms with Gasteiger partial charge in [-0.2, -0.15) is 0 Å². The van der Waals surface area contributed by atoms with Gasteiger partial charge in [0.1, 0.15) is 0 Å². The normalized spacial score (nSPS) is 21.8. The summed E-state index contributed by atoms with van der Waals surface area (Å²) in [5.74, 6) is -1.30. The molecular weight excluding hydrogens is 256 g/mol. The van der Waals surface area contributed by atoms with Crippen LogP contribution in [0.2, 0.25) is 0 Å². The fourth-order valence-electron chi connectivity index (χ4n) is 2.65. The molecule has 2 unspecified atom stereocenters. The van der Waals surface area contributed by atoms with Gasteiger partial charge in [-0.25, -0.2) is 4.79 Å². The molecule has 1 N–H and O–H groups in total. The van der Waals surface area contributed by atoms with Crippen molar-refractivity contribution in [2.75, 3.05) is 24.5 Å². The summed E-state index contributed by atoms with van der Waals surface area (Å²) in [4.78, 5) is 27.0. The second-order valence-corrected chi connectivity index (χ2v) is 5.19. The van der Waals surface area contributed by atoms with Crippen molar-refractivity contribution in [2.45, 2.75) is 13.8 Å². The summed E-state index contributed by atoms with van der Waals surface area (Å²) in [6, 6.07) is 9.33. The number of carbonyl (C=O) groups excluding carboxylic acids is 1. The van der Waals surface area contributed by atoms with E-state index in [0.29, 0.717) is 19.6 Å². The fourth-order valence-corrected chi connectivity index (χ4v) is 2.65. The molecule has 20 heavy (non-hydrogen) atoms. The van der Waals surface area contributed by atoms with Crippen LogP contribution in [0.25, 0.3) is 0 Å². The van der Waals surface area contributed by atoms with E-state index in [1.807, 2.05) is 44.2 Å². The topological polar surface area (TPSA) is 60.9 Å². The number of rotatable bonds is 3. The van der Waals surface area contributed by atoms with E-state index in [4.69, 9.17) is 5.11 Å². The number of amides is 2. The van der Waals surface area contributed by atoms with E-state index in [-0.39, 0.29) is 11.9 Å². The van der Waals surface area contributed by atoms with E-state index in [2.05, 4.69) is 0 Å². The zero-order valence-corrected chi connectivity index (χ0v) is 11.8. The molecule has 1 aliphatic rings. The number of hydrogen-bond acceptors (Lipinski definition) is 2. The van der Waals surface area contributed by atoms with Crippen molar-refractivity contribution in [1.29, 1.82) is 0 Å². The molecule has 1 aliphatic heterocycles. The largest absolute Gasteiger partial charge is 0.481 e. The third-order valence-corrected chi connectivity index (χ3v) is 3.82. The van der Waals surface area contributed by atoms with Gasteiger partial charge in [0.15, 0.2) is 0 Å². The Morgan fingerprint density at radius 2 is 1.95 bits per heavy atom. The zero-order chi connectivity index (χ0) is 14.7. The van der Waals surface area contributed by atoms with Crippen molar-refractivity contribution in [2.24, 2.45) is 11.8 Å². The summed E-state index contributed by atoms with van der Waals surface area (Å²) in [7, 11) is 0. The number of anilines is 1. The number of aliphatic carboxylic acids is 1. The zero-order valence-electron chi connectivity index (χ0n) is 11.8. The summed E-state index contributed by atoms with van der Waals surface area (Å²) in [6.45, 7) is 5.15. The summed E-state index contributed by atoms with van der Waals surface area (Å²) in [5, 5.41) is 9.14. The summed E-state index contributed by atoms with van der Waals surface area (Å²) in [5.41, 5.74) is 0.839. The van der Waals surface area contributed by atoms with Crippen LogP contribution < -0.4 is 4.90 Å². The number of urea groups is 1. The number of nitrogens with zero attached hydrogens (tertiary/aromatic N) is 2. The standard InChI is InChI=1S/C15H20N2O3/c1-3-17(12-7-5-4-6-8-12)15(20)16-9-11(2)13(10-16)14(18)19/h4-8,11,13H,3,9-10H2,1-2H3,(H,18,19). The fraction of sp³-hybridized carbons (Fsp3) is 0.467. The smallest absolute Gasteiger partial charge is 0.324 e. The quantitative estimate of drug-likeness (QED) is 0.921. The van der Waals surface area contributed by atoms with Crippen molar-refractivity contribution >= 4 is 17.7 Å². The highest BCUT2D eigenvalue weighted by Gasteiger charge is 2.38. The van der Waals surface area contributed by atoms with Crippen LogP contribution in [0.3, 0.4) is 0 Å². The average molecular weight is 276 g/mol. The highest BCUT2D eigenvalue weighted by atomic mass is 16.4. The molecule has 0 saturated carbocycles. The van der Waals surface area contributed by atoms with Crippen LogP contribution in [0.1, 0.15) is 13.8 Å². The lowest BCUT2D eigenvalue weighted by Gasteiger charge is -2.27. The predicted molar refractivity (Wildman–Crippen MR) is 76.7 cm³/mol. The van der Waals surface area contributed by atoms with Crippen LogP contribution in [0, 0.1) is 11.8 Å². The van der Waals surface area contributed by atoms with Crippen LogP contribution in [-0.4, -0.2) is 41.6 Å². The molecule has 108 valence electrons. The number of carbonyl (C=O) groups is 2. The molecule has 0 radical (unpaired) electrons. The third kappa shape index (κ3) is 2.76. The van der Waals surface area contributed by atoms with Crippen molar-refractivity contribution < 1.29 is 14.7 Å². The van der Waals surface area contributed by atoms with E-state index in [0.717, 1.165) is 5.69 Å². The van der Waals surface area contributed by atoms with Gasteiger partial charge in [-0.15, -0.1) is 0 Å². The van der Waals surface area contributed by atoms with Gasteiger partial charge in [-0.1, -0.05) is 25.1 Å². The Labute approximate surface area is 118 Å². The SMILES string of the molecule is CCN(C(=O)N1CC(C)C(C(=O)O)C1)c1ccccc1. The molecule has 0 bridgehead atoms. The lowest BCUT2D eigenvalue weighted by Crippen LogP contribution is -2.42. The van der Waals surface area contributed by atoms with Gasteiger partial charge in [0.05, 0.1) is 5.92 Å². The van der Waals surface area contributed by atoms with E-state index in [9.17, 15) is 9.59 Å². The number of likely N-dealkylation sites (tertiary alicyclic amines) is 1. The summed E-state index contributed by atoms with van der Waals surface area (Å²) >= 11 is 0. The first-order chi connectivity index (χ1) is 9.54. The maximum Gasteiger partial charge on any atom is 0.324 e. The van der Waals surface area contributed by atoms with Crippen molar-refractivity contribution in [3.63, 3.8) is 0 Å². The molecule has 5 heteroatoms. The Balaban J connectivity index is 2.13. The molecule has 0 aromatic heterocycles. The Morgan fingerprint density at radius 1 is 1.30 bits per heavy atom. The van der Waals surface area contributed by atoms with E-state index < -0.39 is 11.9 Å². The van der Waals surface area contributed by atoms with Crippen molar-refractivity contribution in [3.05, 3.63) is 30.3 Å². The first-order valence-electron chi connectivity index (χ1n) is 6.89. The van der Waals surface area contributed by atoms with E-state index >= 15 is 0 Å².